The molecule has 49 heavy (non-hydrogen) atoms. The highest BCUT2D eigenvalue weighted by Gasteiger charge is 2.39. The Morgan fingerprint density at radius 1 is 0.837 bits per heavy atom. The number of carbonyl (C=O) groups is 2. The van der Waals surface area contributed by atoms with E-state index in [0.29, 0.717) is 31.9 Å². The van der Waals surface area contributed by atoms with E-state index >= 15 is 0 Å². The van der Waals surface area contributed by atoms with Crippen molar-refractivity contribution in [2.75, 3.05) is 25.4 Å². The lowest BCUT2D eigenvalue weighted by Gasteiger charge is -2.43. The minimum atomic E-state index is -0.633. The molecule has 0 bridgehead atoms. The number of nitrogens with one attached hydrogen (secondary N) is 1. The van der Waals surface area contributed by atoms with Gasteiger partial charge in [0.05, 0.1) is 17.3 Å². The van der Waals surface area contributed by atoms with Crippen molar-refractivity contribution < 1.29 is 14.3 Å². The fourth-order valence-electron chi connectivity index (χ4n) is 6.65. The molecule has 0 aliphatic carbocycles. The van der Waals surface area contributed by atoms with Gasteiger partial charge >= 0.3 is 6.09 Å². The maximum Gasteiger partial charge on any atom is 0.407 e. The summed E-state index contributed by atoms with van der Waals surface area (Å²) in [6, 6.07) is 41.9. The lowest BCUT2D eigenvalue weighted by Crippen LogP contribution is -2.59. The Kier molecular flexibility index (Phi) is 12.6. The van der Waals surface area contributed by atoms with Crippen molar-refractivity contribution in [1.82, 2.24) is 15.1 Å². The number of rotatable bonds is 14. The first-order valence-corrected chi connectivity index (χ1v) is 18.5. The van der Waals surface area contributed by atoms with Crippen LogP contribution in [0.4, 0.5) is 4.79 Å². The zero-order chi connectivity index (χ0) is 34.7. The van der Waals surface area contributed by atoms with Crippen LogP contribution in [-0.4, -0.2) is 64.9 Å². The van der Waals surface area contributed by atoms with Gasteiger partial charge < -0.3 is 15.0 Å². The van der Waals surface area contributed by atoms with Crippen molar-refractivity contribution in [3.8, 4) is 0 Å². The van der Waals surface area contributed by atoms with E-state index in [9.17, 15) is 9.59 Å². The van der Waals surface area contributed by atoms with E-state index in [1.165, 1.54) is 16.7 Å². The van der Waals surface area contributed by atoms with E-state index in [1.807, 2.05) is 73.8 Å². The van der Waals surface area contributed by atoms with Gasteiger partial charge in [-0.1, -0.05) is 141 Å². The van der Waals surface area contributed by atoms with Crippen LogP contribution in [-0.2, 0) is 20.8 Å². The van der Waals surface area contributed by atoms with Crippen molar-refractivity contribution >= 4 is 23.8 Å². The Morgan fingerprint density at radius 2 is 1.35 bits per heavy atom. The number of alkyl carbamates (subject to hydrolysis) is 1. The van der Waals surface area contributed by atoms with Crippen molar-refractivity contribution in [2.24, 2.45) is 0 Å². The predicted octanol–water partition coefficient (Wildman–Crippen LogP) is 8.51. The molecular weight excluding hydrogens is 627 g/mol. The largest absolute Gasteiger partial charge is 0.444 e. The molecule has 0 radical (unpaired) electrons. The van der Waals surface area contributed by atoms with Gasteiger partial charge in [0, 0.05) is 31.4 Å². The van der Waals surface area contributed by atoms with Crippen molar-refractivity contribution in [2.45, 2.75) is 75.9 Å². The summed E-state index contributed by atoms with van der Waals surface area (Å²) in [7, 11) is 0. The summed E-state index contributed by atoms with van der Waals surface area (Å²) in [4.78, 5) is 31.3. The third-order valence-corrected chi connectivity index (χ3v) is 10.7. The van der Waals surface area contributed by atoms with Crippen LogP contribution in [0.1, 0.15) is 69.2 Å². The second-order valence-corrected chi connectivity index (χ2v) is 15.2. The molecule has 1 heterocycles. The first-order valence-electron chi connectivity index (χ1n) is 17.5. The van der Waals surface area contributed by atoms with Gasteiger partial charge in [-0.25, -0.2) is 4.79 Å². The minimum Gasteiger partial charge on any atom is -0.444 e. The van der Waals surface area contributed by atoms with E-state index in [4.69, 9.17) is 4.74 Å². The number of ether oxygens (including phenoxy) is 1. The molecule has 1 aliphatic heterocycles. The lowest BCUT2D eigenvalue weighted by atomic mass is 9.84. The molecule has 1 aliphatic rings. The number of unbranched alkanes of at least 4 members (excludes halogenated alkanes) is 1. The topological polar surface area (TPSA) is 61.9 Å². The molecule has 1 saturated heterocycles. The van der Waals surface area contributed by atoms with Gasteiger partial charge in [0.25, 0.3) is 0 Å². The van der Waals surface area contributed by atoms with Gasteiger partial charge in [-0.05, 0) is 49.4 Å². The summed E-state index contributed by atoms with van der Waals surface area (Å²) < 4.78 is 5.25. The van der Waals surface area contributed by atoms with Gasteiger partial charge in [0.15, 0.2) is 0 Å². The minimum absolute atomic E-state index is 0.118. The molecule has 0 unspecified atom stereocenters. The molecule has 2 atom stereocenters. The zero-order valence-electron chi connectivity index (χ0n) is 29.4. The summed E-state index contributed by atoms with van der Waals surface area (Å²) in [6.45, 7) is 9.99. The van der Waals surface area contributed by atoms with Crippen LogP contribution in [0.15, 0.2) is 121 Å². The van der Waals surface area contributed by atoms with Crippen LogP contribution < -0.4 is 5.32 Å². The summed E-state index contributed by atoms with van der Waals surface area (Å²) in [5, 5.41) is 3.24. The fourth-order valence-corrected chi connectivity index (χ4v) is 8.20. The second kappa shape index (κ2) is 17.0. The van der Waals surface area contributed by atoms with Crippen LogP contribution >= 0.6 is 11.8 Å². The Bertz CT molecular complexity index is 1500. The SMILES string of the molecule is CCCC[C@H]1CN(Cc2ccccc2)C(=O)CN1C[C@H](CSC(c1ccccc1)(c1ccccc1)c1ccccc1)NC(=O)OC(C)(C)C. The Balaban J connectivity index is 1.47. The Hall–Kier alpha value is -4.07. The smallest absolute Gasteiger partial charge is 0.407 e. The molecule has 258 valence electrons. The van der Waals surface area contributed by atoms with Crippen LogP contribution in [0, 0.1) is 0 Å². The van der Waals surface area contributed by atoms with Gasteiger partial charge in [0.2, 0.25) is 5.91 Å². The van der Waals surface area contributed by atoms with Crippen molar-refractivity contribution in [3.05, 3.63) is 144 Å². The molecular formula is C42H51N3O3S. The molecule has 7 heteroatoms. The van der Waals surface area contributed by atoms with E-state index in [2.05, 4.69) is 102 Å². The van der Waals surface area contributed by atoms with Crippen molar-refractivity contribution in [1.29, 1.82) is 0 Å². The molecule has 0 aromatic heterocycles. The maximum atomic E-state index is 13.7. The summed E-state index contributed by atoms with van der Waals surface area (Å²) >= 11 is 1.81. The van der Waals surface area contributed by atoms with E-state index in [1.54, 1.807) is 0 Å². The predicted molar refractivity (Wildman–Crippen MR) is 202 cm³/mol. The normalized spacial score (nSPS) is 16.3. The highest BCUT2D eigenvalue weighted by molar-refractivity contribution is 8.00. The van der Waals surface area contributed by atoms with Crippen molar-refractivity contribution in [3.63, 3.8) is 0 Å². The number of piperazine rings is 1. The molecule has 0 spiro atoms. The molecule has 4 aromatic carbocycles. The van der Waals surface area contributed by atoms with E-state index in [0.717, 1.165) is 24.8 Å². The standard InChI is InChI=1S/C42H51N3O3S/c1-5-6-27-38-30-45(28-33-19-11-7-12-20-33)39(46)31-44(38)29-37(43-40(47)48-41(2,3)4)32-49-42(34-21-13-8-14-22-34,35-23-15-9-16-24-35)36-25-17-10-18-26-36/h7-26,37-38H,5-6,27-32H2,1-4H3,(H,43,47)/t37-,38+/m1/s1. The molecule has 2 amide bonds. The number of carbonyl (C=O) groups excluding carboxylic acids is 2. The van der Waals surface area contributed by atoms with Crippen LogP contribution in [0.25, 0.3) is 0 Å². The summed E-state index contributed by atoms with van der Waals surface area (Å²) in [6.07, 6.45) is 2.71. The van der Waals surface area contributed by atoms with Gasteiger partial charge in [-0.15, -0.1) is 11.8 Å². The monoisotopic (exact) mass is 677 g/mol. The molecule has 4 aromatic rings. The number of hydrogen-bond acceptors (Lipinski definition) is 5. The third-order valence-electron chi connectivity index (χ3n) is 8.96. The molecule has 1 fully saturated rings. The number of thioether (sulfide) groups is 1. The molecule has 6 nitrogen and oxygen atoms in total. The number of nitrogens with zero attached hydrogens (tertiary/aromatic N) is 2. The first kappa shape index (κ1) is 36.2. The highest BCUT2D eigenvalue weighted by atomic mass is 32.2. The van der Waals surface area contributed by atoms with Crippen LogP contribution in [0.5, 0.6) is 0 Å². The Labute approximate surface area is 297 Å². The Morgan fingerprint density at radius 3 is 1.84 bits per heavy atom. The third kappa shape index (κ3) is 9.77. The van der Waals surface area contributed by atoms with Gasteiger partial charge in [-0.2, -0.15) is 0 Å². The van der Waals surface area contributed by atoms with E-state index < -0.39 is 16.4 Å². The molecule has 1 N–H and O–H groups in total. The quantitative estimate of drug-likeness (QED) is 0.136. The van der Waals surface area contributed by atoms with Crippen LogP contribution in [0.3, 0.4) is 0 Å². The lowest BCUT2D eigenvalue weighted by molar-refractivity contribution is -0.139. The van der Waals surface area contributed by atoms with E-state index in [-0.39, 0.29) is 18.0 Å². The zero-order valence-corrected chi connectivity index (χ0v) is 30.2. The first-order chi connectivity index (χ1) is 23.7. The molecule has 5 rings (SSSR count). The number of benzene rings is 4. The number of amides is 2. The molecule has 0 saturated carbocycles. The van der Waals surface area contributed by atoms with Crippen LogP contribution in [0.2, 0.25) is 0 Å². The highest BCUT2D eigenvalue weighted by Crippen LogP contribution is 2.48. The summed E-state index contributed by atoms with van der Waals surface area (Å²) in [5.74, 6) is 0.712. The number of hydrogen-bond donors (Lipinski definition) is 1. The maximum absolute atomic E-state index is 13.7. The van der Waals surface area contributed by atoms with Gasteiger partial charge in [0.1, 0.15) is 5.60 Å². The average molecular weight is 678 g/mol. The fraction of sp³-hybridized carbons (Fsp3) is 0.381. The summed E-state index contributed by atoms with van der Waals surface area (Å²) in [5.41, 5.74) is 4.00. The van der Waals surface area contributed by atoms with Gasteiger partial charge in [-0.3, -0.25) is 9.69 Å². The average Bonchev–Trinajstić information content (AvgIpc) is 3.10. The second-order valence-electron chi connectivity index (χ2n) is 13.9.